The van der Waals surface area contributed by atoms with E-state index < -0.39 is 0 Å². The zero-order valence-electron chi connectivity index (χ0n) is 13.1. The molecule has 3 aromatic rings. The Kier molecular flexibility index (Phi) is 4.43. The summed E-state index contributed by atoms with van der Waals surface area (Å²) in [5.74, 6) is 1.86. The van der Waals surface area contributed by atoms with Crippen molar-refractivity contribution >= 4 is 22.7 Å². The maximum Gasteiger partial charge on any atom is 0.226 e. The predicted molar refractivity (Wildman–Crippen MR) is 87.1 cm³/mol. The van der Waals surface area contributed by atoms with E-state index in [2.05, 4.69) is 15.8 Å². The van der Waals surface area contributed by atoms with Crippen molar-refractivity contribution < 1.29 is 13.7 Å². The number of furan rings is 1. The van der Waals surface area contributed by atoms with E-state index in [0.717, 1.165) is 16.7 Å². The van der Waals surface area contributed by atoms with Crippen LogP contribution in [0.4, 0.5) is 5.82 Å². The minimum absolute atomic E-state index is 0.0319. The van der Waals surface area contributed by atoms with E-state index in [-0.39, 0.29) is 11.9 Å². The van der Waals surface area contributed by atoms with Crippen LogP contribution in [0, 0.1) is 6.92 Å². The summed E-state index contributed by atoms with van der Waals surface area (Å²) in [5.41, 5.74) is 0.871. The first-order chi connectivity index (χ1) is 11.1. The van der Waals surface area contributed by atoms with Crippen LogP contribution in [-0.4, -0.2) is 17.6 Å². The smallest absolute Gasteiger partial charge is 0.226 e. The molecule has 2 aromatic heterocycles. The van der Waals surface area contributed by atoms with Crippen LogP contribution in [0.3, 0.4) is 0 Å². The highest BCUT2D eigenvalue weighted by molar-refractivity contribution is 5.89. The highest BCUT2D eigenvalue weighted by atomic mass is 16.5. The van der Waals surface area contributed by atoms with Crippen molar-refractivity contribution in [2.24, 2.45) is 0 Å². The lowest BCUT2D eigenvalue weighted by Gasteiger charge is -2.10. The van der Waals surface area contributed by atoms with Crippen LogP contribution in [0.25, 0.3) is 11.0 Å². The second-order valence-corrected chi connectivity index (χ2v) is 5.48. The van der Waals surface area contributed by atoms with Gasteiger partial charge in [0.15, 0.2) is 5.82 Å². The van der Waals surface area contributed by atoms with E-state index >= 15 is 0 Å². The normalized spacial score (nSPS) is 12.4. The molecule has 0 radical (unpaired) electrons. The molecular weight excluding hydrogens is 294 g/mol. The summed E-state index contributed by atoms with van der Waals surface area (Å²) >= 11 is 0. The van der Waals surface area contributed by atoms with Crippen LogP contribution in [0.2, 0.25) is 0 Å². The molecule has 1 aromatic carbocycles. The van der Waals surface area contributed by atoms with Gasteiger partial charge in [-0.3, -0.25) is 4.79 Å². The minimum Gasteiger partial charge on any atom is -0.459 e. The highest BCUT2D eigenvalue weighted by Crippen LogP contribution is 2.23. The molecule has 2 heterocycles. The van der Waals surface area contributed by atoms with Gasteiger partial charge in [-0.15, -0.1) is 0 Å². The van der Waals surface area contributed by atoms with Gasteiger partial charge >= 0.3 is 0 Å². The average Bonchev–Trinajstić information content (AvgIpc) is 3.13. The molecule has 1 atom stereocenters. The van der Waals surface area contributed by atoms with Crippen molar-refractivity contribution in [2.45, 2.75) is 26.3 Å². The Balaban J connectivity index is 1.48. The van der Waals surface area contributed by atoms with Gasteiger partial charge in [0.05, 0.1) is 6.04 Å². The van der Waals surface area contributed by atoms with Gasteiger partial charge < -0.3 is 19.6 Å². The molecule has 6 nitrogen and oxygen atoms in total. The van der Waals surface area contributed by atoms with E-state index in [1.54, 1.807) is 13.0 Å². The SMILES string of the molecule is Cc1cc(NC(=O)CCNC(C)c2cc3ccccc3o2)no1. The van der Waals surface area contributed by atoms with Crippen LogP contribution >= 0.6 is 0 Å². The summed E-state index contributed by atoms with van der Waals surface area (Å²) in [6.45, 7) is 4.33. The molecule has 1 amide bonds. The van der Waals surface area contributed by atoms with Crippen molar-refractivity contribution in [3.63, 3.8) is 0 Å². The van der Waals surface area contributed by atoms with Crippen molar-refractivity contribution in [3.05, 3.63) is 47.9 Å². The van der Waals surface area contributed by atoms with Crippen LogP contribution in [-0.2, 0) is 4.79 Å². The Morgan fingerprint density at radius 1 is 1.30 bits per heavy atom. The van der Waals surface area contributed by atoms with Gasteiger partial charge in [0, 0.05) is 24.4 Å². The number of fused-ring (bicyclic) bond motifs is 1. The molecule has 2 N–H and O–H groups in total. The van der Waals surface area contributed by atoms with Gasteiger partial charge in [-0.05, 0) is 26.0 Å². The molecule has 3 rings (SSSR count). The molecular formula is C17H19N3O3. The number of nitrogens with one attached hydrogen (secondary N) is 2. The first-order valence-corrected chi connectivity index (χ1v) is 7.57. The lowest BCUT2D eigenvalue weighted by Crippen LogP contribution is -2.24. The van der Waals surface area contributed by atoms with Crippen molar-refractivity contribution in [1.29, 1.82) is 0 Å². The van der Waals surface area contributed by atoms with E-state index in [4.69, 9.17) is 8.94 Å². The second kappa shape index (κ2) is 6.66. The Morgan fingerprint density at radius 3 is 2.87 bits per heavy atom. The average molecular weight is 313 g/mol. The number of benzene rings is 1. The van der Waals surface area contributed by atoms with Crippen molar-refractivity contribution in [2.75, 3.05) is 11.9 Å². The van der Waals surface area contributed by atoms with E-state index in [0.29, 0.717) is 24.5 Å². The third-order valence-corrected chi connectivity index (χ3v) is 3.57. The Bertz CT molecular complexity index is 773. The van der Waals surface area contributed by atoms with Gasteiger partial charge in [0.25, 0.3) is 0 Å². The molecule has 120 valence electrons. The molecule has 0 saturated carbocycles. The zero-order chi connectivity index (χ0) is 16.2. The minimum atomic E-state index is -0.109. The number of hydrogen-bond acceptors (Lipinski definition) is 5. The molecule has 6 heteroatoms. The lowest BCUT2D eigenvalue weighted by molar-refractivity contribution is -0.116. The summed E-state index contributed by atoms with van der Waals surface area (Å²) in [6.07, 6.45) is 0.344. The van der Waals surface area contributed by atoms with Crippen LogP contribution in [0.5, 0.6) is 0 Å². The molecule has 0 aliphatic carbocycles. The third-order valence-electron chi connectivity index (χ3n) is 3.57. The maximum absolute atomic E-state index is 11.8. The summed E-state index contributed by atoms with van der Waals surface area (Å²) in [7, 11) is 0. The number of carbonyl (C=O) groups excluding carboxylic acids is 1. The predicted octanol–water partition coefficient (Wildman–Crippen LogP) is 3.41. The topological polar surface area (TPSA) is 80.3 Å². The first kappa shape index (κ1) is 15.3. The number of para-hydroxylation sites is 1. The summed E-state index contributed by atoms with van der Waals surface area (Å²) in [5, 5.41) is 10.8. The summed E-state index contributed by atoms with van der Waals surface area (Å²) in [6, 6.07) is 11.6. The number of rotatable bonds is 6. The second-order valence-electron chi connectivity index (χ2n) is 5.48. The standard InChI is InChI=1S/C17H19N3O3/c1-11-9-16(20-23-11)19-17(21)7-8-18-12(2)15-10-13-5-3-4-6-14(13)22-15/h3-6,9-10,12,18H,7-8H2,1-2H3,(H,19,20,21). The fourth-order valence-corrected chi connectivity index (χ4v) is 2.35. The monoisotopic (exact) mass is 313 g/mol. The van der Waals surface area contributed by atoms with Crippen LogP contribution in [0.15, 0.2) is 45.3 Å². The third kappa shape index (κ3) is 3.78. The Hall–Kier alpha value is -2.60. The Morgan fingerprint density at radius 2 is 2.13 bits per heavy atom. The molecule has 0 aliphatic heterocycles. The zero-order valence-corrected chi connectivity index (χ0v) is 13.1. The molecule has 0 bridgehead atoms. The quantitative estimate of drug-likeness (QED) is 0.729. The number of aryl methyl sites for hydroxylation is 1. The van der Waals surface area contributed by atoms with Gasteiger partial charge in [0.2, 0.25) is 5.91 Å². The first-order valence-electron chi connectivity index (χ1n) is 7.57. The lowest BCUT2D eigenvalue weighted by atomic mass is 10.2. The molecule has 0 spiro atoms. The largest absolute Gasteiger partial charge is 0.459 e. The fourth-order valence-electron chi connectivity index (χ4n) is 2.35. The Labute approximate surface area is 133 Å². The number of amides is 1. The van der Waals surface area contributed by atoms with Gasteiger partial charge in [-0.2, -0.15) is 0 Å². The molecule has 23 heavy (non-hydrogen) atoms. The van der Waals surface area contributed by atoms with E-state index in [9.17, 15) is 4.79 Å². The number of anilines is 1. The number of hydrogen-bond donors (Lipinski definition) is 2. The number of nitrogens with zero attached hydrogens (tertiary/aromatic N) is 1. The highest BCUT2D eigenvalue weighted by Gasteiger charge is 2.12. The van der Waals surface area contributed by atoms with Crippen LogP contribution in [0.1, 0.15) is 30.9 Å². The molecule has 1 unspecified atom stereocenters. The molecule has 0 fully saturated rings. The van der Waals surface area contributed by atoms with Crippen molar-refractivity contribution in [1.82, 2.24) is 10.5 Å². The van der Waals surface area contributed by atoms with E-state index in [1.807, 2.05) is 37.3 Å². The van der Waals surface area contributed by atoms with Crippen LogP contribution < -0.4 is 10.6 Å². The van der Waals surface area contributed by atoms with Gasteiger partial charge in [-0.1, -0.05) is 23.4 Å². The van der Waals surface area contributed by atoms with E-state index in [1.165, 1.54) is 0 Å². The summed E-state index contributed by atoms with van der Waals surface area (Å²) in [4.78, 5) is 11.8. The molecule has 0 saturated heterocycles. The number of carbonyl (C=O) groups is 1. The van der Waals surface area contributed by atoms with Gasteiger partial charge in [0.1, 0.15) is 17.1 Å². The molecule has 0 aliphatic rings. The fraction of sp³-hybridized carbons (Fsp3) is 0.294. The van der Waals surface area contributed by atoms with Crippen molar-refractivity contribution in [3.8, 4) is 0 Å². The maximum atomic E-state index is 11.8. The number of aromatic nitrogens is 1. The van der Waals surface area contributed by atoms with Gasteiger partial charge in [-0.25, -0.2) is 0 Å². The summed E-state index contributed by atoms with van der Waals surface area (Å²) < 4.78 is 10.7.